The molecule has 0 bridgehead atoms. The van der Waals surface area contributed by atoms with Gasteiger partial charge in [-0.15, -0.1) is 0 Å². The van der Waals surface area contributed by atoms with Gasteiger partial charge in [-0.25, -0.2) is 4.98 Å². The fourth-order valence-corrected chi connectivity index (χ4v) is 3.22. The first-order valence-electron chi connectivity index (χ1n) is 10.4. The summed E-state index contributed by atoms with van der Waals surface area (Å²) in [7, 11) is 0. The van der Waals surface area contributed by atoms with Crippen LogP contribution < -0.4 is 10.6 Å². The van der Waals surface area contributed by atoms with E-state index in [2.05, 4.69) is 20.6 Å². The van der Waals surface area contributed by atoms with Gasteiger partial charge in [-0.05, 0) is 43.6 Å². The molecule has 0 radical (unpaired) electrons. The molecule has 0 fully saturated rings. The molecule has 3 aromatic rings. The van der Waals surface area contributed by atoms with Crippen LogP contribution in [0.25, 0.3) is 11.1 Å². The Morgan fingerprint density at radius 2 is 2.21 bits per heavy atom. The van der Waals surface area contributed by atoms with E-state index >= 15 is 0 Å². The lowest BCUT2D eigenvalue weighted by atomic mass is 10.1. The molecule has 29 heavy (non-hydrogen) atoms. The van der Waals surface area contributed by atoms with Gasteiger partial charge in [-0.3, -0.25) is 4.79 Å². The van der Waals surface area contributed by atoms with Gasteiger partial charge in [-0.1, -0.05) is 35.3 Å². The van der Waals surface area contributed by atoms with Crippen LogP contribution in [0.15, 0.2) is 48.8 Å². The predicted octanol–water partition coefficient (Wildman–Crippen LogP) is 4.67. The SMILES string of the molecule is [2H]C([2H])C([2H])(C)Nc1cc(-c2c[nH]c(C(=O)N[C@H](CO)c3cccc(Cl)c3)c2)c(Cl)cn1. The van der Waals surface area contributed by atoms with Crippen molar-refractivity contribution < 1.29 is 14.0 Å². The van der Waals surface area contributed by atoms with Crippen LogP contribution in [0.3, 0.4) is 0 Å². The van der Waals surface area contributed by atoms with E-state index in [0.717, 1.165) is 0 Å². The number of H-pyrrole nitrogens is 1. The standard InChI is InChI=1S/C21H22Cl2N4O2/c1-12(2)26-20-8-16(17(23)10-25-20)14-7-18(24-9-14)21(29)27-19(11-28)13-4-3-5-15(22)6-13/h3-10,12,19,24,28H,11H2,1-2H3,(H,25,26)(H,27,29)/t19-/m1/s1/i1D2,12D/t12?,19-. The number of nitrogens with one attached hydrogen (secondary N) is 3. The summed E-state index contributed by atoms with van der Waals surface area (Å²) in [5, 5.41) is 16.0. The van der Waals surface area contributed by atoms with E-state index in [1.54, 1.807) is 42.6 Å². The molecular weight excluding hydrogens is 411 g/mol. The van der Waals surface area contributed by atoms with Gasteiger partial charge in [0.2, 0.25) is 0 Å². The third-order valence-corrected chi connectivity index (χ3v) is 4.69. The highest BCUT2D eigenvalue weighted by atomic mass is 35.5. The Kier molecular flexibility index (Phi) is 5.56. The highest BCUT2D eigenvalue weighted by Gasteiger charge is 2.18. The average molecular weight is 436 g/mol. The molecule has 0 aliphatic rings. The highest BCUT2D eigenvalue weighted by molar-refractivity contribution is 6.33. The minimum Gasteiger partial charge on any atom is -0.394 e. The summed E-state index contributed by atoms with van der Waals surface area (Å²) in [4.78, 5) is 19.7. The largest absolute Gasteiger partial charge is 0.394 e. The minimum atomic E-state index is -1.57. The molecule has 0 aliphatic carbocycles. The second-order valence-corrected chi connectivity index (χ2v) is 7.27. The van der Waals surface area contributed by atoms with Gasteiger partial charge >= 0.3 is 0 Å². The second-order valence-electron chi connectivity index (χ2n) is 6.42. The smallest absolute Gasteiger partial charge is 0.268 e. The van der Waals surface area contributed by atoms with E-state index in [0.29, 0.717) is 26.7 Å². The maximum absolute atomic E-state index is 12.7. The molecular formula is C21H22Cl2N4O2. The molecule has 0 saturated carbocycles. The van der Waals surface area contributed by atoms with Crippen molar-refractivity contribution in [3.63, 3.8) is 0 Å². The van der Waals surface area contributed by atoms with Crippen LogP contribution in [0, 0.1) is 0 Å². The zero-order chi connectivity index (χ0) is 23.5. The molecule has 4 N–H and O–H groups in total. The Labute approximate surface area is 183 Å². The first-order valence-corrected chi connectivity index (χ1v) is 9.50. The normalized spacial score (nSPS) is 15.7. The summed E-state index contributed by atoms with van der Waals surface area (Å²) < 4.78 is 23.0. The number of aliphatic hydroxyl groups excluding tert-OH is 1. The number of anilines is 1. The number of pyridine rings is 1. The van der Waals surface area contributed by atoms with Crippen molar-refractivity contribution in [1.82, 2.24) is 15.3 Å². The van der Waals surface area contributed by atoms with E-state index in [-0.39, 0.29) is 18.1 Å². The van der Waals surface area contributed by atoms with Crippen molar-refractivity contribution >= 4 is 34.9 Å². The van der Waals surface area contributed by atoms with E-state index in [1.165, 1.54) is 13.1 Å². The minimum absolute atomic E-state index is 0.255. The number of hydrogen-bond acceptors (Lipinski definition) is 4. The van der Waals surface area contributed by atoms with Gasteiger partial charge in [0.05, 0.1) is 19.0 Å². The van der Waals surface area contributed by atoms with E-state index < -0.39 is 24.8 Å². The molecule has 1 unspecified atom stereocenters. The molecule has 2 heterocycles. The van der Waals surface area contributed by atoms with Crippen LogP contribution in [0.2, 0.25) is 10.0 Å². The molecule has 0 aliphatic heterocycles. The maximum atomic E-state index is 12.7. The van der Waals surface area contributed by atoms with E-state index in [1.807, 2.05) is 0 Å². The van der Waals surface area contributed by atoms with Gasteiger partial charge in [-0.2, -0.15) is 0 Å². The molecule has 6 nitrogen and oxygen atoms in total. The monoisotopic (exact) mass is 435 g/mol. The summed E-state index contributed by atoms with van der Waals surface area (Å²) in [6.07, 6.45) is 3.00. The summed E-state index contributed by atoms with van der Waals surface area (Å²) in [5.41, 5.74) is 2.09. The van der Waals surface area contributed by atoms with Crippen molar-refractivity contribution in [2.45, 2.75) is 25.9 Å². The third kappa shape index (κ3) is 5.29. The number of benzene rings is 1. The molecule has 1 amide bonds. The number of aromatic amines is 1. The zero-order valence-electron chi connectivity index (χ0n) is 18.5. The molecule has 0 saturated heterocycles. The molecule has 152 valence electrons. The Hall–Kier alpha value is -2.54. The zero-order valence-corrected chi connectivity index (χ0v) is 17.1. The van der Waals surface area contributed by atoms with Crippen LogP contribution in [-0.4, -0.2) is 33.6 Å². The van der Waals surface area contributed by atoms with Crippen molar-refractivity contribution in [1.29, 1.82) is 0 Å². The first kappa shape index (κ1) is 17.3. The summed E-state index contributed by atoms with van der Waals surface area (Å²) in [5.74, 6) is -0.149. The molecule has 2 aromatic heterocycles. The summed E-state index contributed by atoms with van der Waals surface area (Å²) >= 11 is 12.3. The van der Waals surface area contributed by atoms with Crippen LogP contribution in [0.5, 0.6) is 0 Å². The molecule has 1 aromatic carbocycles. The van der Waals surface area contributed by atoms with Crippen molar-refractivity contribution in [3.8, 4) is 11.1 Å². The Bertz CT molecular complexity index is 1110. The summed E-state index contributed by atoms with van der Waals surface area (Å²) in [6, 6.07) is 7.87. The fraction of sp³-hybridized carbons (Fsp3) is 0.238. The van der Waals surface area contributed by atoms with Crippen LogP contribution in [0.1, 0.15) is 40.0 Å². The number of halogens is 2. The number of carbonyl (C=O) groups excluding carboxylic acids is 1. The number of rotatable bonds is 7. The topological polar surface area (TPSA) is 90.0 Å². The van der Waals surface area contributed by atoms with E-state index in [9.17, 15) is 9.90 Å². The van der Waals surface area contributed by atoms with Crippen molar-refractivity contribution in [2.24, 2.45) is 0 Å². The summed E-state index contributed by atoms with van der Waals surface area (Å²) in [6.45, 7) is -0.335. The van der Waals surface area contributed by atoms with Gasteiger partial charge in [0.1, 0.15) is 11.5 Å². The lowest BCUT2D eigenvalue weighted by molar-refractivity contribution is 0.0912. The Morgan fingerprint density at radius 3 is 2.93 bits per heavy atom. The maximum Gasteiger partial charge on any atom is 0.268 e. The lowest BCUT2D eigenvalue weighted by Gasteiger charge is -2.16. The van der Waals surface area contributed by atoms with Crippen molar-refractivity contribution in [3.05, 3.63) is 70.1 Å². The van der Waals surface area contributed by atoms with Gasteiger partial charge in [0.15, 0.2) is 0 Å². The number of aromatic nitrogens is 2. The van der Waals surface area contributed by atoms with Gasteiger partial charge in [0, 0.05) is 37.3 Å². The number of aliphatic hydroxyl groups is 1. The Balaban J connectivity index is 1.80. The van der Waals surface area contributed by atoms with Crippen molar-refractivity contribution in [2.75, 3.05) is 11.9 Å². The molecule has 3 rings (SSSR count). The lowest BCUT2D eigenvalue weighted by Crippen LogP contribution is -2.31. The number of amides is 1. The fourth-order valence-electron chi connectivity index (χ4n) is 2.80. The molecule has 0 spiro atoms. The number of nitrogens with zero attached hydrogens (tertiary/aromatic N) is 1. The van der Waals surface area contributed by atoms with Crippen LogP contribution in [-0.2, 0) is 0 Å². The van der Waals surface area contributed by atoms with E-state index in [4.69, 9.17) is 27.3 Å². The van der Waals surface area contributed by atoms with Gasteiger partial charge in [0.25, 0.3) is 5.91 Å². The Morgan fingerprint density at radius 1 is 1.38 bits per heavy atom. The number of hydrogen-bond donors (Lipinski definition) is 4. The average Bonchev–Trinajstić information content (AvgIpc) is 3.23. The van der Waals surface area contributed by atoms with Crippen LogP contribution >= 0.6 is 23.2 Å². The third-order valence-electron chi connectivity index (χ3n) is 4.16. The first-order chi connectivity index (χ1) is 15.1. The highest BCUT2D eigenvalue weighted by Crippen LogP contribution is 2.30. The quantitative estimate of drug-likeness (QED) is 0.434. The number of carbonyl (C=O) groups is 1. The molecule has 8 heteroatoms. The predicted molar refractivity (Wildman–Crippen MR) is 117 cm³/mol. The molecule has 2 atom stereocenters. The van der Waals surface area contributed by atoms with Gasteiger partial charge < -0.3 is 20.7 Å². The second kappa shape index (κ2) is 9.31. The van der Waals surface area contributed by atoms with Crippen LogP contribution in [0.4, 0.5) is 5.82 Å².